The second-order valence-corrected chi connectivity index (χ2v) is 27.2. The van der Waals surface area contributed by atoms with Gasteiger partial charge in [-0.25, -0.2) is 44.6 Å². The normalized spacial score (nSPS) is 10.4. The number of carbonyl (C=O) groups excluding carboxylic acids is 2. The molecule has 1 amide bonds. The Kier molecular flexibility index (Phi) is 31.3. The molecule has 25 nitrogen and oxygen atoms in total. The van der Waals surface area contributed by atoms with Crippen LogP contribution in [0.1, 0.15) is 58.1 Å². The molecule has 0 atom stereocenters. The van der Waals surface area contributed by atoms with Crippen LogP contribution in [0.15, 0.2) is 273 Å². The van der Waals surface area contributed by atoms with Crippen LogP contribution in [0, 0.1) is 0 Å². The Hall–Kier alpha value is -12.2. The number of pyridine rings is 7. The number of hydroxylamine groups is 2. The minimum Gasteiger partial charge on any atom is -0.504 e. The van der Waals surface area contributed by atoms with Gasteiger partial charge in [0, 0.05) is 129 Å². The van der Waals surface area contributed by atoms with Gasteiger partial charge < -0.3 is 63.1 Å². The molecule has 0 aliphatic heterocycles. The standard InChI is InChI=1S/C21H18N2O2.C14H13BrN2O.C13H9BrN2.C12H9BrN2O.C8H10BrN3O2.C6H5BrN2O2.C6H6N2O2/c1-24-19-9-8-15(11-20(19)25-2)16-10-17-18(13-23-21(17)22-12-16)14-6-4-3-5-7-14;1-18-9-13(10-5-3-2-4-6-10)12-7-11(15)8-17-14(12)16;14-10-6-11-12(8-16-13(11)15-7-10)9-4-2-1-3-5-9;13-9-6-10(12(14)15-7-9)11(16)8-4-2-1-3-5-8;1-12(14-2)8(13)6-3-5(9)4-11-7(6)10;7-3-1-4(6(10)11)5(8)9-2-3;7-5-3-8-2-1-4(5)6(9)10/h3-13H,1-2H3,(H,22,23);2-9H,1H3,(H2,16,17);1-8H,(H,15,16);1-7H,(H2,14,15);3-4H,1-2H3,(H2,10,11);1-2H,(H2,8,9)(H,10,11);1-3H,7H2,(H,9,10). The van der Waals surface area contributed by atoms with Crippen molar-refractivity contribution >= 4 is 160 Å². The van der Waals surface area contributed by atoms with E-state index in [2.05, 4.69) is 161 Å². The lowest BCUT2D eigenvalue weighted by atomic mass is 10.00. The molecular formula is C80H70Br5N15O10. The molecule has 5 aromatic carbocycles. The van der Waals surface area contributed by atoms with E-state index in [1.165, 1.54) is 67.8 Å². The summed E-state index contributed by atoms with van der Waals surface area (Å²) in [5.41, 5.74) is 40.7. The minimum absolute atomic E-state index is 0.0133. The van der Waals surface area contributed by atoms with E-state index in [-0.39, 0.29) is 46.0 Å². The van der Waals surface area contributed by atoms with Gasteiger partial charge in [-0.2, -0.15) is 0 Å². The van der Waals surface area contributed by atoms with Gasteiger partial charge in [-0.05, 0) is 157 Å². The van der Waals surface area contributed by atoms with Gasteiger partial charge in [0.25, 0.3) is 5.91 Å². The van der Waals surface area contributed by atoms with Crippen molar-refractivity contribution in [2.75, 3.05) is 64.2 Å². The first kappa shape index (κ1) is 83.4. The zero-order valence-electron chi connectivity index (χ0n) is 59.2. The SMILES string of the molecule is Brc1cnc2[nH]cc(-c3ccccc3)c2c1.COC=C(c1ccccc1)c1cc(Br)cnc1N.CON(C)C(=O)c1cc(Br)cnc1N.COc1ccc(-c2cnc3[nH]cc(-c4ccccc4)c3c2)cc1OC.Nc1cnccc1C(=O)O.Nc1ncc(Br)cc1C(=O)O.Nc1ncc(Br)cc1C(=O)c1ccccc1. The highest BCUT2D eigenvalue weighted by Crippen LogP contribution is 2.36. The number of nitrogens with zero attached hydrogens (tertiary/aromatic N) is 8. The molecule has 0 fully saturated rings. The Morgan fingerprint density at radius 3 is 1.33 bits per heavy atom. The largest absolute Gasteiger partial charge is 0.504 e. The van der Waals surface area contributed by atoms with Crippen molar-refractivity contribution in [2.45, 2.75) is 0 Å². The number of amides is 1. The molecule has 14 N–H and O–H groups in total. The fourth-order valence-electron chi connectivity index (χ4n) is 10.0. The van der Waals surface area contributed by atoms with Crippen molar-refractivity contribution in [3.05, 3.63) is 312 Å². The van der Waals surface area contributed by atoms with E-state index < -0.39 is 11.9 Å². The molecule has 9 heterocycles. The Morgan fingerprint density at radius 1 is 0.427 bits per heavy atom. The number of fused-ring (bicyclic) bond motifs is 2. The van der Waals surface area contributed by atoms with Crippen LogP contribution in [0.5, 0.6) is 11.5 Å². The summed E-state index contributed by atoms with van der Waals surface area (Å²) in [6.45, 7) is 0. The molecule has 0 unspecified atom stereocenters. The van der Waals surface area contributed by atoms with Crippen molar-refractivity contribution in [2.24, 2.45) is 0 Å². The summed E-state index contributed by atoms with van der Waals surface area (Å²) in [5, 5.41) is 20.3. The number of hydrogen-bond acceptors (Lipinski definition) is 20. The molecule has 0 radical (unpaired) electrons. The molecule has 14 rings (SSSR count). The molecule has 0 saturated heterocycles. The van der Waals surface area contributed by atoms with Gasteiger partial charge in [-0.1, -0.05) is 127 Å². The third-order valence-corrected chi connectivity index (χ3v) is 17.6. The van der Waals surface area contributed by atoms with Crippen molar-refractivity contribution in [3.63, 3.8) is 0 Å². The zero-order valence-corrected chi connectivity index (χ0v) is 67.1. The van der Waals surface area contributed by atoms with E-state index in [4.69, 9.17) is 57.9 Å². The smallest absolute Gasteiger partial charge is 0.339 e. The Balaban J connectivity index is 0.000000164. The number of nitrogen functional groups attached to an aromatic ring is 5. The maximum Gasteiger partial charge on any atom is 0.339 e. The lowest BCUT2D eigenvalue weighted by Gasteiger charge is -2.14. The molecule has 14 aromatic rings. The van der Waals surface area contributed by atoms with Crippen molar-refractivity contribution < 1.29 is 48.4 Å². The molecule has 0 bridgehead atoms. The number of rotatable bonds is 14. The Labute approximate surface area is 673 Å². The summed E-state index contributed by atoms with van der Waals surface area (Å²) < 4.78 is 19.8. The van der Waals surface area contributed by atoms with Crippen LogP contribution in [-0.4, -0.2) is 119 Å². The van der Waals surface area contributed by atoms with E-state index in [9.17, 15) is 19.2 Å². The monoisotopic (exact) mass is 1800 g/mol. The van der Waals surface area contributed by atoms with Crippen LogP contribution < -0.4 is 38.1 Å². The second kappa shape index (κ2) is 41.2. The summed E-state index contributed by atoms with van der Waals surface area (Å²) in [4.78, 5) is 83.7. The summed E-state index contributed by atoms with van der Waals surface area (Å²) in [6.07, 6.45) is 18.3. The number of carboxylic acid groups (broad SMARTS) is 2. The predicted molar refractivity (Wildman–Crippen MR) is 447 cm³/mol. The lowest BCUT2D eigenvalue weighted by molar-refractivity contribution is -0.0756. The molecular weight excluding hydrogens is 1730 g/mol. The van der Waals surface area contributed by atoms with E-state index >= 15 is 0 Å². The molecule has 0 aliphatic carbocycles. The zero-order chi connectivity index (χ0) is 79.4. The number of aromatic nitrogens is 9. The molecule has 0 aliphatic rings. The predicted octanol–water partition coefficient (Wildman–Crippen LogP) is 17.6. The summed E-state index contributed by atoms with van der Waals surface area (Å²) in [6, 6.07) is 57.6. The number of methoxy groups -OCH3 is 3. The van der Waals surface area contributed by atoms with Gasteiger partial charge in [-0.15, -0.1) is 0 Å². The topological polar surface area (TPSA) is 401 Å². The number of nitrogens with two attached hydrogens (primary N) is 5. The van der Waals surface area contributed by atoms with Gasteiger partial charge in [0.05, 0.1) is 63.3 Å². The number of carbonyl (C=O) groups is 4. The fourth-order valence-corrected chi connectivity index (χ4v) is 11.7. The van der Waals surface area contributed by atoms with Gasteiger partial charge in [0.2, 0.25) is 0 Å². The Morgan fingerprint density at radius 2 is 0.855 bits per heavy atom. The summed E-state index contributed by atoms with van der Waals surface area (Å²) in [5.74, 6) is -0.198. The van der Waals surface area contributed by atoms with E-state index in [1.807, 2.05) is 128 Å². The van der Waals surface area contributed by atoms with Gasteiger partial charge in [0.15, 0.2) is 17.3 Å². The number of carboxylic acids is 2. The van der Waals surface area contributed by atoms with Gasteiger partial charge in [-0.3, -0.25) is 19.4 Å². The van der Waals surface area contributed by atoms with Crippen molar-refractivity contribution in [3.8, 4) is 44.9 Å². The van der Waals surface area contributed by atoms with Crippen LogP contribution >= 0.6 is 79.6 Å². The van der Waals surface area contributed by atoms with E-state index in [1.54, 1.807) is 70.4 Å². The maximum absolute atomic E-state index is 12.1. The number of benzene rings is 5. The molecule has 0 saturated carbocycles. The average molecular weight is 1800 g/mol. The molecule has 9 aromatic heterocycles. The minimum atomic E-state index is -1.07. The number of H-pyrrole nitrogens is 2. The van der Waals surface area contributed by atoms with E-state index in [0.29, 0.717) is 43.0 Å². The summed E-state index contributed by atoms with van der Waals surface area (Å²) in [7, 11) is 7.80. The van der Waals surface area contributed by atoms with Crippen LogP contribution in [0.4, 0.5) is 29.0 Å². The quantitative estimate of drug-likeness (QED) is 0.0277. The third kappa shape index (κ3) is 23.2. The van der Waals surface area contributed by atoms with E-state index in [0.717, 1.165) is 73.9 Å². The highest BCUT2D eigenvalue weighted by molar-refractivity contribution is 9.11. The van der Waals surface area contributed by atoms with Gasteiger partial charge >= 0.3 is 11.9 Å². The van der Waals surface area contributed by atoms with Crippen LogP contribution in [0.3, 0.4) is 0 Å². The number of hydrogen-bond donors (Lipinski definition) is 9. The molecule has 560 valence electrons. The molecule has 110 heavy (non-hydrogen) atoms. The number of halogens is 5. The number of ketones is 1. The average Bonchev–Trinajstić information content (AvgIpc) is 1.62. The highest BCUT2D eigenvalue weighted by Gasteiger charge is 2.18. The lowest BCUT2D eigenvalue weighted by Crippen LogP contribution is -2.26. The number of aromatic amines is 2. The number of nitrogens with one attached hydrogen (secondary N) is 2. The summed E-state index contributed by atoms with van der Waals surface area (Å²) >= 11 is 16.4. The van der Waals surface area contributed by atoms with Crippen molar-refractivity contribution in [1.29, 1.82) is 0 Å². The number of anilines is 5. The fraction of sp³-hybridized carbons (Fsp3) is 0.0625. The van der Waals surface area contributed by atoms with Gasteiger partial charge in [0.1, 0.15) is 40.1 Å². The van der Waals surface area contributed by atoms with Crippen LogP contribution in [-0.2, 0) is 9.57 Å². The number of ether oxygens (including phenoxy) is 3. The van der Waals surface area contributed by atoms with Crippen LogP contribution in [0.2, 0.25) is 0 Å². The number of aromatic carboxylic acids is 2. The first-order valence-electron chi connectivity index (χ1n) is 32.4. The third-order valence-electron chi connectivity index (χ3n) is 15.5. The molecule has 0 spiro atoms. The highest BCUT2D eigenvalue weighted by atomic mass is 79.9. The first-order chi connectivity index (χ1) is 52.9. The molecule has 30 heteroatoms. The first-order valence-corrected chi connectivity index (χ1v) is 36.3. The second-order valence-electron chi connectivity index (χ2n) is 22.6. The Bertz CT molecular complexity index is 5500. The maximum atomic E-state index is 12.1. The van der Waals surface area contributed by atoms with Crippen LogP contribution in [0.25, 0.3) is 61.0 Å². The van der Waals surface area contributed by atoms with Crippen molar-refractivity contribution in [1.82, 2.24) is 49.9 Å².